The number of Topliss-reactive ketones (excluding diaryl/α,β-unsaturated/α-hetero) is 1. The van der Waals surface area contributed by atoms with Gasteiger partial charge < -0.3 is 9.64 Å². The molecular formula is C28H25N3O6. The van der Waals surface area contributed by atoms with Crippen LogP contribution < -0.4 is 4.74 Å². The predicted octanol–water partition coefficient (Wildman–Crippen LogP) is 4.59. The van der Waals surface area contributed by atoms with Crippen molar-refractivity contribution in [2.45, 2.75) is 24.9 Å². The number of fused-ring (bicyclic) bond motifs is 1. The summed E-state index contributed by atoms with van der Waals surface area (Å²) >= 11 is 0. The molecule has 0 N–H and O–H groups in total. The number of urea groups is 1. The highest BCUT2D eigenvalue weighted by molar-refractivity contribution is 6.08. The van der Waals surface area contributed by atoms with E-state index in [-0.39, 0.29) is 29.7 Å². The van der Waals surface area contributed by atoms with E-state index in [4.69, 9.17) is 4.74 Å². The Labute approximate surface area is 213 Å². The maximum absolute atomic E-state index is 14.1. The van der Waals surface area contributed by atoms with Crippen molar-refractivity contribution in [3.05, 3.63) is 106 Å². The highest BCUT2D eigenvalue weighted by Gasteiger charge is 2.63. The van der Waals surface area contributed by atoms with Crippen LogP contribution in [0, 0.1) is 16.0 Å². The van der Waals surface area contributed by atoms with Crippen LogP contribution >= 0.6 is 0 Å². The Morgan fingerprint density at radius 1 is 0.946 bits per heavy atom. The first kappa shape index (κ1) is 24.2. The van der Waals surface area contributed by atoms with Crippen molar-refractivity contribution in [3.63, 3.8) is 0 Å². The van der Waals surface area contributed by atoms with Gasteiger partial charge in [-0.2, -0.15) is 0 Å². The van der Waals surface area contributed by atoms with Crippen LogP contribution in [0.5, 0.6) is 5.75 Å². The zero-order chi connectivity index (χ0) is 26.3. The molecule has 0 radical (unpaired) electrons. The van der Waals surface area contributed by atoms with E-state index in [2.05, 4.69) is 0 Å². The Morgan fingerprint density at radius 3 is 2.19 bits per heavy atom. The third-order valence-corrected chi connectivity index (χ3v) is 7.24. The minimum Gasteiger partial charge on any atom is -0.490 e. The molecule has 0 aliphatic carbocycles. The second kappa shape index (κ2) is 9.50. The first-order valence-electron chi connectivity index (χ1n) is 12.0. The molecule has 3 amide bonds. The van der Waals surface area contributed by atoms with Gasteiger partial charge in [0.05, 0.1) is 24.0 Å². The quantitative estimate of drug-likeness (QED) is 0.203. The number of hydrogen-bond acceptors (Lipinski definition) is 6. The number of carbonyl (C=O) groups excluding carboxylic acids is 3. The lowest BCUT2D eigenvalue weighted by Crippen LogP contribution is -2.38. The molecule has 0 aromatic heterocycles. The summed E-state index contributed by atoms with van der Waals surface area (Å²) in [4.78, 5) is 55.2. The van der Waals surface area contributed by atoms with Gasteiger partial charge in [-0.05, 0) is 24.1 Å². The molecule has 2 aliphatic heterocycles. The largest absolute Gasteiger partial charge is 0.490 e. The highest BCUT2D eigenvalue weighted by atomic mass is 16.6. The van der Waals surface area contributed by atoms with Gasteiger partial charge in [-0.1, -0.05) is 66.7 Å². The summed E-state index contributed by atoms with van der Waals surface area (Å²) in [6, 6.07) is 20.0. The molecule has 188 valence electrons. The molecule has 2 aliphatic rings. The van der Waals surface area contributed by atoms with Gasteiger partial charge in [0.2, 0.25) is 0 Å². The summed E-state index contributed by atoms with van der Waals surface area (Å²) in [5, 5.41) is 11.8. The lowest BCUT2D eigenvalue weighted by Gasteiger charge is -2.28. The summed E-state index contributed by atoms with van der Waals surface area (Å²) in [6.07, 6.45) is 0. The Kier molecular flexibility index (Phi) is 6.20. The number of nitro groups is 1. The van der Waals surface area contributed by atoms with E-state index in [1.165, 1.54) is 29.0 Å². The van der Waals surface area contributed by atoms with Gasteiger partial charge in [0.1, 0.15) is 6.04 Å². The standard InChI is InChI=1S/C28H25N3O6/c1-3-29-27(33)25-22(17-10-6-4-7-11-17)23(26(32)18-12-8-5-9-13-18)24(30(25)28(29)34)19-14-15-21(37-2)20(16-19)31(35)36/h4-16,22-25H,3H2,1-2H3. The fourth-order valence-corrected chi connectivity index (χ4v) is 5.67. The average Bonchev–Trinajstić information content (AvgIpc) is 3.40. The SMILES string of the molecule is CCN1C(=O)C2C(c3ccccc3)C(C(=O)c3ccccc3)C(c3ccc(OC)c([N+](=O)[O-])c3)N2C1=O. The molecule has 2 saturated heterocycles. The summed E-state index contributed by atoms with van der Waals surface area (Å²) in [5.41, 5.74) is 1.30. The van der Waals surface area contributed by atoms with Crippen LogP contribution in [0.25, 0.3) is 0 Å². The number of nitrogens with zero attached hydrogens (tertiary/aromatic N) is 3. The molecule has 2 heterocycles. The van der Waals surface area contributed by atoms with E-state index in [9.17, 15) is 24.5 Å². The zero-order valence-corrected chi connectivity index (χ0v) is 20.3. The number of amides is 3. The minimum atomic E-state index is -0.918. The van der Waals surface area contributed by atoms with E-state index in [1.807, 2.05) is 30.3 Å². The van der Waals surface area contributed by atoms with Crippen LogP contribution in [0.4, 0.5) is 10.5 Å². The molecule has 5 rings (SSSR count). The van der Waals surface area contributed by atoms with E-state index in [0.29, 0.717) is 11.1 Å². The lowest BCUT2D eigenvalue weighted by molar-refractivity contribution is -0.385. The van der Waals surface area contributed by atoms with Gasteiger partial charge in [0.15, 0.2) is 11.5 Å². The number of ketones is 1. The molecule has 3 aromatic carbocycles. The number of likely N-dealkylation sites (N-methyl/N-ethyl adjacent to an activating group) is 1. The van der Waals surface area contributed by atoms with Crippen molar-refractivity contribution >= 4 is 23.4 Å². The van der Waals surface area contributed by atoms with Gasteiger partial charge in [-0.25, -0.2) is 4.79 Å². The third-order valence-electron chi connectivity index (χ3n) is 7.24. The smallest absolute Gasteiger partial charge is 0.327 e. The fraction of sp³-hybridized carbons (Fsp3) is 0.250. The second-order valence-corrected chi connectivity index (χ2v) is 9.04. The summed E-state index contributed by atoms with van der Waals surface area (Å²) < 4.78 is 5.17. The van der Waals surface area contributed by atoms with Crippen LogP contribution in [0.15, 0.2) is 78.9 Å². The van der Waals surface area contributed by atoms with E-state index in [1.54, 1.807) is 43.3 Å². The number of rotatable bonds is 7. The van der Waals surface area contributed by atoms with Gasteiger partial charge in [-0.15, -0.1) is 0 Å². The first-order chi connectivity index (χ1) is 17.9. The summed E-state index contributed by atoms with van der Waals surface area (Å²) in [6.45, 7) is 1.90. The number of ether oxygens (including phenoxy) is 1. The van der Waals surface area contributed by atoms with Gasteiger partial charge in [-0.3, -0.25) is 24.6 Å². The second-order valence-electron chi connectivity index (χ2n) is 9.04. The number of imide groups is 1. The Balaban J connectivity index is 1.76. The van der Waals surface area contributed by atoms with Crippen molar-refractivity contribution in [2.24, 2.45) is 5.92 Å². The molecule has 0 bridgehead atoms. The fourth-order valence-electron chi connectivity index (χ4n) is 5.67. The molecule has 4 unspecified atom stereocenters. The summed E-state index contributed by atoms with van der Waals surface area (Å²) in [7, 11) is 1.34. The maximum atomic E-state index is 14.1. The van der Waals surface area contributed by atoms with Crippen LogP contribution in [0.3, 0.4) is 0 Å². The Morgan fingerprint density at radius 2 is 1.59 bits per heavy atom. The van der Waals surface area contributed by atoms with Gasteiger partial charge >= 0.3 is 11.7 Å². The van der Waals surface area contributed by atoms with Crippen LogP contribution in [-0.4, -0.2) is 52.1 Å². The normalized spacial score (nSPS) is 22.8. The number of methoxy groups -OCH3 is 1. The van der Waals surface area contributed by atoms with Crippen molar-refractivity contribution in [2.75, 3.05) is 13.7 Å². The predicted molar refractivity (Wildman–Crippen MR) is 134 cm³/mol. The van der Waals surface area contributed by atoms with E-state index < -0.39 is 34.9 Å². The highest BCUT2D eigenvalue weighted by Crippen LogP contribution is 2.54. The Hall–Kier alpha value is -4.53. The molecule has 9 nitrogen and oxygen atoms in total. The maximum Gasteiger partial charge on any atom is 0.327 e. The molecule has 4 atom stereocenters. The van der Waals surface area contributed by atoms with Crippen LogP contribution in [-0.2, 0) is 4.79 Å². The lowest BCUT2D eigenvalue weighted by atomic mass is 9.75. The number of benzene rings is 3. The molecule has 0 saturated carbocycles. The molecule has 2 fully saturated rings. The third kappa shape index (κ3) is 3.83. The summed E-state index contributed by atoms with van der Waals surface area (Å²) in [5.74, 6) is -2.05. The van der Waals surface area contributed by atoms with E-state index in [0.717, 1.165) is 5.56 Å². The number of hydrogen-bond donors (Lipinski definition) is 0. The molecule has 3 aromatic rings. The minimum absolute atomic E-state index is 0.0628. The number of carbonyl (C=O) groups is 3. The van der Waals surface area contributed by atoms with E-state index >= 15 is 0 Å². The van der Waals surface area contributed by atoms with Crippen molar-refractivity contribution in [3.8, 4) is 5.75 Å². The average molecular weight is 500 g/mol. The first-order valence-corrected chi connectivity index (χ1v) is 12.0. The molecular weight excluding hydrogens is 474 g/mol. The van der Waals surface area contributed by atoms with Gasteiger partial charge in [0.25, 0.3) is 5.91 Å². The van der Waals surface area contributed by atoms with Crippen molar-refractivity contribution < 1.29 is 24.0 Å². The van der Waals surface area contributed by atoms with Crippen LogP contribution in [0.1, 0.15) is 40.4 Å². The molecule has 0 spiro atoms. The molecule has 9 heteroatoms. The van der Waals surface area contributed by atoms with Crippen molar-refractivity contribution in [1.82, 2.24) is 9.80 Å². The zero-order valence-electron chi connectivity index (χ0n) is 20.3. The topological polar surface area (TPSA) is 110 Å². The van der Waals surface area contributed by atoms with Crippen LogP contribution in [0.2, 0.25) is 0 Å². The van der Waals surface area contributed by atoms with Crippen molar-refractivity contribution in [1.29, 1.82) is 0 Å². The monoisotopic (exact) mass is 499 g/mol. The molecule has 37 heavy (non-hydrogen) atoms. The number of nitro benzene ring substituents is 1. The van der Waals surface area contributed by atoms with Gasteiger partial charge in [0, 0.05) is 24.1 Å². The Bertz CT molecular complexity index is 1380.